The van der Waals surface area contributed by atoms with Crippen LogP contribution in [0.1, 0.15) is 22.6 Å². The fourth-order valence-corrected chi connectivity index (χ4v) is 3.52. The van der Waals surface area contributed by atoms with Crippen LogP contribution in [0.25, 0.3) is 0 Å². The molecule has 0 spiro atoms. The first-order chi connectivity index (χ1) is 14.1. The van der Waals surface area contributed by atoms with Gasteiger partial charge in [0.2, 0.25) is 0 Å². The van der Waals surface area contributed by atoms with Crippen LogP contribution in [0.2, 0.25) is 0 Å². The van der Waals surface area contributed by atoms with Gasteiger partial charge in [-0.1, -0.05) is 60.7 Å². The van der Waals surface area contributed by atoms with Crippen molar-refractivity contribution in [3.63, 3.8) is 0 Å². The molecular formula is C23H21BrN2O3. The van der Waals surface area contributed by atoms with E-state index in [2.05, 4.69) is 26.5 Å². The zero-order valence-corrected chi connectivity index (χ0v) is 17.7. The van der Waals surface area contributed by atoms with E-state index in [4.69, 9.17) is 9.47 Å². The van der Waals surface area contributed by atoms with Crippen molar-refractivity contribution in [3.05, 3.63) is 94.0 Å². The highest BCUT2D eigenvalue weighted by Gasteiger charge is 2.22. The van der Waals surface area contributed by atoms with Crippen molar-refractivity contribution in [2.24, 2.45) is 5.10 Å². The Bertz CT molecular complexity index is 952. The summed E-state index contributed by atoms with van der Waals surface area (Å²) in [6.07, 6.45) is 1.55. The summed E-state index contributed by atoms with van der Waals surface area (Å²) in [7, 11) is 3.15. The van der Waals surface area contributed by atoms with Gasteiger partial charge in [-0.2, -0.15) is 5.10 Å². The molecule has 0 bridgehead atoms. The highest BCUT2D eigenvalue weighted by molar-refractivity contribution is 9.10. The van der Waals surface area contributed by atoms with Crippen molar-refractivity contribution < 1.29 is 14.3 Å². The number of nitrogens with one attached hydrogen (secondary N) is 1. The molecule has 29 heavy (non-hydrogen) atoms. The highest BCUT2D eigenvalue weighted by Crippen LogP contribution is 2.32. The molecule has 3 aromatic rings. The molecule has 6 heteroatoms. The predicted molar refractivity (Wildman–Crippen MR) is 118 cm³/mol. The third-order valence-electron chi connectivity index (χ3n) is 4.41. The monoisotopic (exact) mass is 452 g/mol. The van der Waals surface area contributed by atoms with Gasteiger partial charge in [0.1, 0.15) is 11.5 Å². The molecular weight excluding hydrogens is 432 g/mol. The second-order valence-corrected chi connectivity index (χ2v) is 7.07. The third kappa shape index (κ3) is 5.03. The maximum atomic E-state index is 13.0. The van der Waals surface area contributed by atoms with E-state index >= 15 is 0 Å². The summed E-state index contributed by atoms with van der Waals surface area (Å²) >= 11 is 3.45. The molecule has 0 radical (unpaired) electrons. The summed E-state index contributed by atoms with van der Waals surface area (Å²) in [4.78, 5) is 13.0. The van der Waals surface area contributed by atoms with Gasteiger partial charge in [-0.25, -0.2) is 5.43 Å². The zero-order chi connectivity index (χ0) is 20.6. The smallest absolute Gasteiger partial charge is 0.252 e. The number of benzene rings is 3. The summed E-state index contributed by atoms with van der Waals surface area (Å²) in [5, 5.41) is 4.15. The van der Waals surface area contributed by atoms with Crippen molar-refractivity contribution in [1.82, 2.24) is 5.43 Å². The topological polar surface area (TPSA) is 59.9 Å². The van der Waals surface area contributed by atoms with Crippen molar-refractivity contribution in [3.8, 4) is 11.5 Å². The Morgan fingerprint density at radius 1 is 0.931 bits per heavy atom. The summed E-state index contributed by atoms with van der Waals surface area (Å²) in [6.45, 7) is 0. The average molecular weight is 453 g/mol. The standard InChI is InChI=1S/C23H21BrN2O3/c1-28-20-14-21(29-2)19(24)13-18(20)15-25-26-23(27)22(16-9-5-3-6-10-16)17-11-7-4-8-12-17/h3-15,22H,1-2H3,(H,26,27). The van der Waals surface area contributed by atoms with Gasteiger partial charge in [-0.05, 0) is 33.1 Å². The van der Waals surface area contributed by atoms with Crippen LogP contribution >= 0.6 is 15.9 Å². The summed E-state index contributed by atoms with van der Waals surface area (Å²) in [5.74, 6) is 0.561. The van der Waals surface area contributed by atoms with Gasteiger partial charge < -0.3 is 9.47 Å². The molecule has 0 fully saturated rings. The van der Waals surface area contributed by atoms with Gasteiger partial charge in [-0.15, -0.1) is 0 Å². The maximum Gasteiger partial charge on any atom is 0.252 e. The fourth-order valence-electron chi connectivity index (χ4n) is 3.00. The van der Waals surface area contributed by atoms with Gasteiger partial charge in [0, 0.05) is 11.6 Å². The number of nitrogens with zero attached hydrogens (tertiary/aromatic N) is 1. The van der Waals surface area contributed by atoms with Crippen molar-refractivity contribution >= 4 is 28.1 Å². The van der Waals surface area contributed by atoms with Crippen molar-refractivity contribution in [2.75, 3.05) is 14.2 Å². The Labute approximate surface area is 178 Å². The molecule has 0 aromatic heterocycles. The Morgan fingerprint density at radius 3 is 2.00 bits per heavy atom. The number of hydrogen-bond donors (Lipinski definition) is 1. The number of hydrazone groups is 1. The van der Waals surface area contributed by atoms with Gasteiger partial charge in [-0.3, -0.25) is 4.79 Å². The molecule has 0 atom stereocenters. The first-order valence-electron chi connectivity index (χ1n) is 8.98. The molecule has 3 aromatic carbocycles. The van der Waals surface area contributed by atoms with Crippen molar-refractivity contribution in [1.29, 1.82) is 0 Å². The number of amides is 1. The average Bonchev–Trinajstić information content (AvgIpc) is 2.75. The first-order valence-corrected chi connectivity index (χ1v) is 9.77. The van der Waals surface area contributed by atoms with Gasteiger partial charge in [0.05, 0.1) is 30.8 Å². The van der Waals surface area contributed by atoms with Crippen LogP contribution < -0.4 is 14.9 Å². The molecule has 0 aliphatic heterocycles. The van der Waals surface area contributed by atoms with Crippen LogP contribution in [0.3, 0.4) is 0 Å². The van der Waals surface area contributed by atoms with Gasteiger partial charge in [0.25, 0.3) is 5.91 Å². The molecule has 148 valence electrons. The Hall–Kier alpha value is -3.12. The van der Waals surface area contributed by atoms with Crippen LogP contribution in [0.4, 0.5) is 0 Å². The lowest BCUT2D eigenvalue weighted by molar-refractivity contribution is -0.121. The minimum absolute atomic E-state index is 0.217. The van der Waals surface area contributed by atoms with E-state index in [9.17, 15) is 4.79 Å². The number of rotatable bonds is 7. The van der Waals surface area contributed by atoms with E-state index in [-0.39, 0.29) is 5.91 Å². The second-order valence-electron chi connectivity index (χ2n) is 6.22. The maximum absolute atomic E-state index is 13.0. The van der Waals surface area contributed by atoms with Crippen LogP contribution in [0.15, 0.2) is 82.4 Å². The SMILES string of the molecule is COc1cc(OC)c(C=NNC(=O)C(c2ccccc2)c2ccccc2)cc1Br. The summed E-state index contributed by atoms with van der Waals surface area (Å²) in [5.41, 5.74) is 5.16. The van der Waals surface area contributed by atoms with E-state index in [0.29, 0.717) is 17.1 Å². The summed E-state index contributed by atoms with van der Waals surface area (Å²) < 4.78 is 11.4. The molecule has 0 aliphatic carbocycles. The second kappa shape index (κ2) is 9.89. The lowest BCUT2D eigenvalue weighted by Crippen LogP contribution is -2.26. The van der Waals surface area contributed by atoms with E-state index in [1.165, 1.54) is 0 Å². The molecule has 0 aliphatic rings. The van der Waals surface area contributed by atoms with E-state index in [0.717, 1.165) is 15.6 Å². The van der Waals surface area contributed by atoms with Crippen LogP contribution in [0, 0.1) is 0 Å². The Morgan fingerprint density at radius 2 is 1.48 bits per heavy atom. The minimum Gasteiger partial charge on any atom is -0.496 e. The summed E-state index contributed by atoms with van der Waals surface area (Å²) in [6, 6.07) is 22.8. The molecule has 0 unspecified atom stereocenters. The lowest BCUT2D eigenvalue weighted by Gasteiger charge is -2.16. The third-order valence-corrected chi connectivity index (χ3v) is 5.03. The highest BCUT2D eigenvalue weighted by atomic mass is 79.9. The molecule has 0 saturated heterocycles. The van der Waals surface area contributed by atoms with Crippen LogP contribution in [0.5, 0.6) is 11.5 Å². The molecule has 0 heterocycles. The van der Waals surface area contributed by atoms with E-state index < -0.39 is 5.92 Å². The number of hydrogen-bond acceptors (Lipinski definition) is 4. The number of methoxy groups -OCH3 is 2. The number of carbonyl (C=O) groups is 1. The van der Waals surface area contributed by atoms with Crippen molar-refractivity contribution in [2.45, 2.75) is 5.92 Å². The first kappa shape index (κ1) is 20.6. The number of ether oxygens (including phenoxy) is 2. The zero-order valence-electron chi connectivity index (χ0n) is 16.1. The molecule has 1 amide bonds. The minimum atomic E-state index is -0.459. The van der Waals surface area contributed by atoms with E-state index in [1.54, 1.807) is 26.5 Å². The van der Waals surface area contributed by atoms with Crippen LogP contribution in [-0.2, 0) is 4.79 Å². The quantitative estimate of drug-likeness (QED) is 0.415. The van der Waals surface area contributed by atoms with Gasteiger partial charge >= 0.3 is 0 Å². The lowest BCUT2D eigenvalue weighted by atomic mass is 9.91. The largest absolute Gasteiger partial charge is 0.496 e. The molecule has 5 nitrogen and oxygen atoms in total. The van der Waals surface area contributed by atoms with E-state index in [1.807, 2.05) is 66.7 Å². The van der Waals surface area contributed by atoms with Crippen LogP contribution in [-0.4, -0.2) is 26.3 Å². The normalized spacial score (nSPS) is 10.9. The number of halogens is 1. The fraction of sp³-hybridized carbons (Fsp3) is 0.130. The molecule has 3 rings (SSSR count). The molecule has 1 N–H and O–H groups in total. The Balaban J connectivity index is 1.83. The number of carbonyl (C=O) groups excluding carboxylic acids is 1. The Kier molecular flexibility index (Phi) is 7.03. The van der Waals surface area contributed by atoms with Gasteiger partial charge in [0.15, 0.2) is 0 Å². The predicted octanol–water partition coefficient (Wildman–Crippen LogP) is 4.75. The molecule has 0 saturated carbocycles.